The van der Waals surface area contributed by atoms with E-state index in [1.165, 1.54) is 56.5 Å². The minimum atomic E-state index is 0. The molecule has 2 aromatic carbocycles. The zero-order valence-corrected chi connectivity index (χ0v) is 21.0. The molecule has 3 rings (SSSR count). The number of benzene rings is 2. The predicted molar refractivity (Wildman–Crippen MR) is 118 cm³/mol. The van der Waals surface area contributed by atoms with Gasteiger partial charge in [0.15, 0.2) is 0 Å². The number of hydrogen-bond acceptors (Lipinski definition) is 1. The van der Waals surface area contributed by atoms with Crippen molar-refractivity contribution in [2.24, 2.45) is 0 Å². The van der Waals surface area contributed by atoms with Crippen LogP contribution in [0.1, 0.15) is 72.8 Å². The molecule has 1 atom stereocenters. The van der Waals surface area contributed by atoms with E-state index < -0.39 is 0 Å². The van der Waals surface area contributed by atoms with Gasteiger partial charge >= 0.3 is 0 Å². The maximum absolute atomic E-state index is 2.59. The monoisotopic (exact) mass is 414 g/mol. The summed E-state index contributed by atoms with van der Waals surface area (Å²) in [5.41, 5.74) is 18.2. The van der Waals surface area contributed by atoms with Crippen molar-refractivity contribution in [2.75, 3.05) is 13.6 Å². The van der Waals surface area contributed by atoms with Gasteiger partial charge in [-0.1, -0.05) is 0 Å². The summed E-state index contributed by atoms with van der Waals surface area (Å²) in [6, 6.07) is 0.477. The van der Waals surface area contributed by atoms with E-state index in [1.54, 1.807) is 16.7 Å². The molecule has 0 saturated carbocycles. The van der Waals surface area contributed by atoms with Crippen molar-refractivity contribution in [3.8, 4) is 0 Å². The maximum atomic E-state index is 2.59. The minimum absolute atomic E-state index is 0. The summed E-state index contributed by atoms with van der Waals surface area (Å²) in [6.07, 6.45) is 2.30. The van der Waals surface area contributed by atoms with Gasteiger partial charge in [0.25, 0.3) is 0 Å². The van der Waals surface area contributed by atoms with Crippen LogP contribution in [0, 0.1) is 62.3 Å². The number of nitrogens with zero attached hydrogens (tertiary/aromatic N) is 1. The van der Waals surface area contributed by atoms with Gasteiger partial charge in [0.2, 0.25) is 0 Å². The molecule has 0 bridgehead atoms. The van der Waals surface area contributed by atoms with E-state index in [-0.39, 0.29) is 18.6 Å². The molecular formula is C26H37NV. The van der Waals surface area contributed by atoms with Crippen LogP contribution >= 0.6 is 0 Å². The topological polar surface area (TPSA) is 3.24 Å². The van der Waals surface area contributed by atoms with E-state index in [9.17, 15) is 0 Å². The Morgan fingerprint density at radius 2 is 1.07 bits per heavy atom. The van der Waals surface area contributed by atoms with Crippen molar-refractivity contribution in [3.05, 3.63) is 66.8 Å². The van der Waals surface area contributed by atoms with Gasteiger partial charge in [0.05, 0.1) is 0 Å². The first-order chi connectivity index (χ1) is 12.6. The molecule has 0 amide bonds. The molecule has 0 saturated heterocycles. The van der Waals surface area contributed by atoms with Crippen LogP contribution in [-0.2, 0) is 31.4 Å². The molecule has 2 heteroatoms. The first kappa shape index (κ1) is 23.3. The molecular weight excluding hydrogens is 377 g/mol. The van der Waals surface area contributed by atoms with Gasteiger partial charge in [0, 0.05) is 31.1 Å². The third-order valence-corrected chi connectivity index (χ3v) is 8.00. The zero-order valence-electron chi connectivity index (χ0n) is 19.6. The van der Waals surface area contributed by atoms with Gasteiger partial charge in [-0.2, -0.15) is 0 Å². The molecule has 1 aliphatic heterocycles. The Labute approximate surface area is 184 Å². The Kier molecular flexibility index (Phi) is 6.97. The molecule has 1 aliphatic rings. The molecule has 28 heavy (non-hydrogen) atoms. The Hall–Kier alpha value is -1.02. The minimum Gasteiger partial charge on any atom is -0.299 e. The van der Waals surface area contributed by atoms with Crippen LogP contribution in [0.25, 0.3) is 0 Å². The zero-order chi connectivity index (χ0) is 20.2. The summed E-state index contributed by atoms with van der Waals surface area (Å²) in [4.78, 5) is 2.59. The first-order valence-electron chi connectivity index (χ1n) is 10.4. The second kappa shape index (κ2) is 8.38. The molecule has 0 N–H and O–H groups in total. The summed E-state index contributed by atoms with van der Waals surface area (Å²) >= 11 is 0. The van der Waals surface area contributed by atoms with Crippen LogP contribution in [0.3, 0.4) is 0 Å². The number of hydrogen-bond donors (Lipinski definition) is 0. The van der Waals surface area contributed by atoms with Gasteiger partial charge in [0.1, 0.15) is 0 Å². The van der Waals surface area contributed by atoms with E-state index in [1.807, 2.05) is 0 Å². The van der Waals surface area contributed by atoms with Crippen molar-refractivity contribution >= 4 is 0 Å². The smallest absolute Gasteiger partial charge is 0.0391 e. The molecule has 1 nitrogen and oxygen atoms in total. The molecule has 1 radical (unpaired) electrons. The van der Waals surface area contributed by atoms with E-state index >= 15 is 0 Å². The Morgan fingerprint density at radius 1 is 0.643 bits per heavy atom. The van der Waals surface area contributed by atoms with Crippen LogP contribution in [-0.4, -0.2) is 18.5 Å². The fourth-order valence-electron chi connectivity index (χ4n) is 5.19. The largest absolute Gasteiger partial charge is 0.299 e. The standard InChI is InChI=1S/C26H37N.V/c1-14-15(2)20(7)24(21(8)16(14)3)13-25-26-22(9)18(5)17(4)19(6)23(26)11-12-27(25)10;/h25H,11-13H2,1-10H3;. The SMILES string of the molecule is Cc1c(C)c(C)c(CC2c3c(C)c(C)c(C)c(C)c3CCN2C)c(C)c1C.[V]. The summed E-state index contributed by atoms with van der Waals surface area (Å²) in [7, 11) is 2.32. The number of rotatable bonds is 2. The van der Waals surface area contributed by atoms with Gasteiger partial charge < -0.3 is 0 Å². The van der Waals surface area contributed by atoms with E-state index in [0.29, 0.717) is 6.04 Å². The predicted octanol–water partition coefficient (Wildman–Crippen LogP) is 6.23. The van der Waals surface area contributed by atoms with E-state index in [2.05, 4.69) is 74.3 Å². The number of likely N-dealkylation sites (N-methyl/N-ethyl adjacent to an activating group) is 1. The third kappa shape index (κ3) is 3.51. The second-order valence-electron chi connectivity index (χ2n) is 8.95. The Balaban J connectivity index is 0.00000280. The summed E-state index contributed by atoms with van der Waals surface area (Å²) < 4.78 is 0. The van der Waals surface area contributed by atoms with Crippen LogP contribution in [0.4, 0.5) is 0 Å². The van der Waals surface area contributed by atoms with Crippen LogP contribution in [0.5, 0.6) is 0 Å². The molecule has 0 fully saturated rings. The Bertz CT molecular complexity index is 894. The average molecular weight is 415 g/mol. The quantitative estimate of drug-likeness (QED) is 0.563. The van der Waals surface area contributed by atoms with Crippen LogP contribution in [0.15, 0.2) is 0 Å². The fourth-order valence-corrected chi connectivity index (χ4v) is 5.19. The van der Waals surface area contributed by atoms with E-state index in [0.717, 1.165) is 13.0 Å². The molecule has 151 valence electrons. The van der Waals surface area contributed by atoms with Gasteiger partial charge in [-0.3, -0.25) is 4.90 Å². The van der Waals surface area contributed by atoms with Crippen molar-refractivity contribution in [1.29, 1.82) is 0 Å². The maximum Gasteiger partial charge on any atom is 0.0391 e. The molecule has 1 unspecified atom stereocenters. The molecule has 1 heterocycles. The van der Waals surface area contributed by atoms with Gasteiger partial charge in [-0.05, 0) is 149 Å². The van der Waals surface area contributed by atoms with Gasteiger partial charge in [-0.15, -0.1) is 0 Å². The van der Waals surface area contributed by atoms with Crippen LogP contribution in [0.2, 0.25) is 0 Å². The molecule has 2 aromatic rings. The number of fused-ring (bicyclic) bond motifs is 1. The van der Waals surface area contributed by atoms with Crippen molar-refractivity contribution in [2.45, 2.75) is 81.2 Å². The summed E-state index contributed by atoms with van der Waals surface area (Å²) in [6.45, 7) is 21.9. The normalized spacial score (nSPS) is 16.7. The molecule has 0 aromatic heterocycles. The summed E-state index contributed by atoms with van der Waals surface area (Å²) in [5.74, 6) is 0. The summed E-state index contributed by atoms with van der Waals surface area (Å²) in [5, 5.41) is 0. The average Bonchev–Trinajstić information content (AvgIpc) is 2.65. The second-order valence-corrected chi connectivity index (χ2v) is 8.95. The molecule has 0 spiro atoms. The molecule has 0 aliphatic carbocycles. The van der Waals surface area contributed by atoms with E-state index in [4.69, 9.17) is 0 Å². The fraction of sp³-hybridized carbons (Fsp3) is 0.538. The van der Waals surface area contributed by atoms with Crippen molar-refractivity contribution in [1.82, 2.24) is 4.90 Å². The Morgan fingerprint density at radius 3 is 1.61 bits per heavy atom. The van der Waals surface area contributed by atoms with Crippen LogP contribution < -0.4 is 0 Å². The van der Waals surface area contributed by atoms with Crippen molar-refractivity contribution < 1.29 is 18.6 Å². The van der Waals surface area contributed by atoms with Crippen molar-refractivity contribution in [3.63, 3.8) is 0 Å². The first-order valence-corrected chi connectivity index (χ1v) is 10.4. The van der Waals surface area contributed by atoms with Gasteiger partial charge in [-0.25, -0.2) is 0 Å². The third-order valence-electron chi connectivity index (χ3n) is 8.00.